The van der Waals surface area contributed by atoms with Gasteiger partial charge in [-0.1, -0.05) is 12.2 Å². The van der Waals surface area contributed by atoms with E-state index in [4.69, 9.17) is 16.3 Å². The Balaban J connectivity index is 1.88. The van der Waals surface area contributed by atoms with Crippen molar-refractivity contribution in [1.29, 1.82) is 0 Å². The van der Waals surface area contributed by atoms with Gasteiger partial charge in [-0.25, -0.2) is 0 Å². The van der Waals surface area contributed by atoms with Crippen LogP contribution in [0.1, 0.15) is 12.8 Å². The van der Waals surface area contributed by atoms with E-state index in [2.05, 4.69) is 12.2 Å². The van der Waals surface area contributed by atoms with Crippen LogP contribution in [-0.4, -0.2) is 18.5 Å². The summed E-state index contributed by atoms with van der Waals surface area (Å²) in [4.78, 5) is 11.5. The highest BCUT2D eigenvalue weighted by Crippen LogP contribution is 2.43. The quantitative estimate of drug-likeness (QED) is 0.396. The molecule has 72 valence electrons. The molecule has 0 heterocycles. The van der Waals surface area contributed by atoms with Crippen LogP contribution in [0.4, 0.5) is 0 Å². The van der Waals surface area contributed by atoms with Crippen molar-refractivity contribution >= 4 is 17.6 Å². The minimum atomic E-state index is -0.0579. The van der Waals surface area contributed by atoms with Gasteiger partial charge in [-0.2, -0.15) is 0 Å². The Morgan fingerprint density at radius 3 is 2.85 bits per heavy atom. The molecule has 2 aliphatic carbocycles. The second-order valence-corrected chi connectivity index (χ2v) is 4.12. The molecule has 0 aromatic carbocycles. The van der Waals surface area contributed by atoms with Gasteiger partial charge in [0.25, 0.3) is 0 Å². The lowest BCUT2D eigenvalue weighted by atomic mass is 9.94. The zero-order valence-electron chi connectivity index (χ0n) is 7.41. The molecule has 2 rings (SSSR count). The lowest BCUT2D eigenvalue weighted by Crippen LogP contribution is -2.22. The van der Waals surface area contributed by atoms with Crippen molar-refractivity contribution < 1.29 is 9.53 Å². The normalized spacial score (nSPS) is 35.3. The molecule has 13 heavy (non-hydrogen) atoms. The largest absolute Gasteiger partial charge is 0.464 e. The highest BCUT2D eigenvalue weighted by molar-refractivity contribution is 6.18. The van der Waals surface area contributed by atoms with Crippen LogP contribution in [0.25, 0.3) is 0 Å². The predicted octanol–water partition coefficient (Wildman–Crippen LogP) is 1.98. The first kappa shape index (κ1) is 9.07. The van der Waals surface area contributed by atoms with E-state index in [0.717, 1.165) is 12.8 Å². The zero-order chi connectivity index (χ0) is 9.26. The molecule has 0 N–H and O–H groups in total. The average Bonchev–Trinajstić information content (AvgIpc) is 2.74. The number of allylic oxidation sites excluding steroid dienone is 2. The number of carbonyl (C=O) groups is 1. The maximum atomic E-state index is 11.5. The second-order valence-electron chi connectivity index (χ2n) is 3.74. The maximum Gasteiger partial charge on any atom is 0.309 e. The fraction of sp³-hybridized carbons (Fsp3) is 0.700. The topological polar surface area (TPSA) is 26.3 Å². The van der Waals surface area contributed by atoms with Crippen molar-refractivity contribution in [3.8, 4) is 0 Å². The molecule has 3 atom stereocenters. The van der Waals surface area contributed by atoms with Gasteiger partial charge in [-0.15, -0.1) is 11.6 Å². The molecule has 1 fully saturated rings. The van der Waals surface area contributed by atoms with Crippen LogP contribution in [0, 0.1) is 17.8 Å². The number of hydrogen-bond donors (Lipinski definition) is 0. The molecule has 0 radical (unpaired) electrons. The van der Waals surface area contributed by atoms with Crippen molar-refractivity contribution in [3.05, 3.63) is 12.2 Å². The molecule has 0 unspecified atom stereocenters. The molecule has 1 saturated carbocycles. The van der Waals surface area contributed by atoms with E-state index >= 15 is 0 Å². The number of hydrogen-bond acceptors (Lipinski definition) is 2. The lowest BCUT2D eigenvalue weighted by Gasteiger charge is -2.15. The van der Waals surface area contributed by atoms with Crippen molar-refractivity contribution in [2.45, 2.75) is 12.8 Å². The van der Waals surface area contributed by atoms with Gasteiger partial charge in [0, 0.05) is 0 Å². The van der Waals surface area contributed by atoms with Crippen molar-refractivity contribution in [2.75, 3.05) is 12.5 Å². The van der Waals surface area contributed by atoms with E-state index in [1.807, 2.05) is 0 Å². The van der Waals surface area contributed by atoms with E-state index in [9.17, 15) is 4.79 Å². The summed E-state index contributed by atoms with van der Waals surface area (Å²) in [6.45, 7) is 0.345. The molecule has 0 amide bonds. The van der Waals surface area contributed by atoms with Gasteiger partial charge in [0.05, 0.1) is 11.8 Å². The van der Waals surface area contributed by atoms with Crippen molar-refractivity contribution in [3.63, 3.8) is 0 Å². The summed E-state index contributed by atoms with van der Waals surface area (Å²) in [5.41, 5.74) is 0. The monoisotopic (exact) mass is 200 g/mol. The number of rotatable bonds is 3. The second kappa shape index (κ2) is 3.70. The summed E-state index contributed by atoms with van der Waals surface area (Å²) in [7, 11) is 0. The molecule has 0 spiro atoms. The van der Waals surface area contributed by atoms with Crippen LogP contribution in [-0.2, 0) is 9.53 Å². The van der Waals surface area contributed by atoms with E-state index < -0.39 is 0 Å². The SMILES string of the molecule is O=C(OCCCl)[C@@H]1C[C@@H]2C=C[C@@H]1C2. The van der Waals surface area contributed by atoms with Crippen LogP contribution in [0.3, 0.4) is 0 Å². The fourth-order valence-electron chi connectivity index (χ4n) is 2.30. The maximum absolute atomic E-state index is 11.5. The van der Waals surface area contributed by atoms with Crippen LogP contribution in [0.15, 0.2) is 12.2 Å². The first-order chi connectivity index (χ1) is 6.31. The predicted molar refractivity (Wildman–Crippen MR) is 50.5 cm³/mol. The van der Waals surface area contributed by atoms with Gasteiger partial charge in [-0.3, -0.25) is 4.79 Å². The third-order valence-corrected chi connectivity index (χ3v) is 3.06. The van der Waals surface area contributed by atoms with Gasteiger partial charge in [-0.05, 0) is 24.7 Å². The van der Waals surface area contributed by atoms with Gasteiger partial charge in [0.1, 0.15) is 6.61 Å². The van der Waals surface area contributed by atoms with E-state index in [1.54, 1.807) is 0 Å². The number of fused-ring (bicyclic) bond motifs is 2. The smallest absolute Gasteiger partial charge is 0.309 e. The summed E-state index contributed by atoms with van der Waals surface area (Å²) in [6.07, 6.45) is 6.49. The fourth-order valence-corrected chi connectivity index (χ4v) is 2.38. The van der Waals surface area contributed by atoms with Gasteiger partial charge < -0.3 is 4.74 Å². The molecule has 0 aromatic rings. The Morgan fingerprint density at radius 2 is 2.31 bits per heavy atom. The Hall–Kier alpha value is -0.500. The lowest BCUT2D eigenvalue weighted by molar-refractivity contribution is -0.148. The summed E-state index contributed by atoms with van der Waals surface area (Å²) in [5, 5.41) is 0. The first-order valence-electron chi connectivity index (χ1n) is 4.72. The molecule has 2 aliphatic rings. The minimum Gasteiger partial charge on any atom is -0.464 e. The van der Waals surface area contributed by atoms with Crippen LogP contribution < -0.4 is 0 Å². The van der Waals surface area contributed by atoms with Gasteiger partial charge >= 0.3 is 5.97 Å². The number of esters is 1. The first-order valence-corrected chi connectivity index (χ1v) is 5.25. The third kappa shape index (κ3) is 1.73. The summed E-state index contributed by atoms with van der Waals surface area (Å²) in [6, 6.07) is 0. The Kier molecular flexibility index (Phi) is 2.58. The Labute approximate surface area is 82.9 Å². The molecule has 2 nitrogen and oxygen atoms in total. The van der Waals surface area contributed by atoms with Gasteiger partial charge in [0.2, 0.25) is 0 Å². The molecule has 0 aliphatic heterocycles. The van der Waals surface area contributed by atoms with E-state index in [0.29, 0.717) is 24.3 Å². The molecule has 0 aromatic heterocycles. The number of carbonyl (C=O) groups excluding carboxylic acids is 1. The molecular weight excluding hydrogens is 188 g/mol. The summed E-state index contributed by atoms with van der Waals surface area (Å²) >= 11 is 5.44. The summed E-state index contributed by atoms with van der Waals surface area (Å²) in [5.74, 6) is 1.50. The van der Waals surface area contributed by atoms with Crippen LogP contribution in [0.5, 0.6) is 0 Å². The van der Waals surface area contributed by atoms with Crippen molar-refractivity contribution in [2.24, 2.45) is 17.8 Å². The third-order valence-electron chi connectivity index (χ3n) is 2.90. The molecule has 0 saturated heterocycles. The Morgan fingerprint density at radius 1 is 1.46 bits per heavy atom. The number of ether oxygens (including phenoxy) is 1. The Bertz CT molecular complexity index is 237. The van der Waals surface area contributed by atoms with Crippen LogP contribution >= 0.6 is 11.6 Å². The van der Waals surface area contributed by atoms with E-state index in [1.165, 1.54) is 0 Å². The van der Waals surface area contributed by atoms with Gasteiger partial charge in [0.15, 0.2) is 0 Å². The number of alkyl halides is 1. The highest BCUT2D eigenvalue weighted by atomic mass is 35.5. The van der Waals surface area contributed by atoms with E-state index in [-0.39, 0.29) is 11.9 Å². The molecule has 3 heteroatoms. The zero-order valence-corrected chi connectivity index (χ0v) is 8.17. The van der Waals surface area contributed by atoms with Crippen LogP contribution in [0.2, 0.25) is 0 Å². The summed E-state index contributed by atoms with van der Waals surface area (Å²) < 4.78 is 5.02. The highest BCUT2D eigenvalue weighted by Gasteiger charge is 2.40. The number of halogens is 1. The van der Waals surface area contributed by atoms with Crippen molar-refractivity contribution in [1.82, 2.24) is 0 Å². The minimum absolute atomic E-state index is 0.0579. The molecule has 2 bridgehead atoms. The standard InChI is InChI=1S/C10H13ClO2/c11-3-4-13-10(12)9-6-7-1-2-8(9)5-7/h1-2,7-9H,3-6H2/t7-,8-,9-/m1/s1. The average molecular weight is 201 g/mol. The molecular formula is C10H13ClO2.